The van der Waals surface area contributed by atoms with Gasteiger partial charge < -0.3 is 20.1 Å². The number of carbonyl (C=O) groups excluding carboxylic acids is 1. The predicted molar refractivity (Wildman–Crippen MR) is 150 cm³/mol. The summed E-state index contributed by atoms with van der Waals surface area (Å²) in [6.45, 7) is 0.273. The van der Waals surface area contributed by atoms with Crippen molar-refractivity contribution in [1.29, 1.82) is 5.26 Å². The second kappa shape index (κ2) is 11.4. The van der Waals surface area contributed by atoms with E-state index in [2.05, 4.69) is 21.4 Å². The monoisotopic (exact) mass is 554 g/mol. The number of benzene rings is 4. The van der Waals surface area contributed by atoms with E-state index in [0.29, 0.717) is 33.9 Å². The van der Waals surface area contributed by atoms with Gasteiger partial charge in [-0.2, -0.15) is 5.26 Å². The first-order valence-corrected chi connectivity index (χ1v) is 13.9. The van der Waals surface area contributed by atoms with Crippen LogP contribution in [0.3, 0.4) is 0 Å². The van der Waals surface area contributed by atoms with Crippen LogP contribution in [0.4, 0.5) is 11.4 Å². The lowest BCUT2D eigenvalue weighted by molar-refractivity contribution is -0.122. The number of hydrogen-bond acceptors (Lipinski definition) is 7. The molecule has 10 heteroatoms. The molecule has 0 aliphatic carbocycles. The lowest BCUT2D eigenvalue weighted by Crippen LogP contribution is -2.34. The molecule has 0 fully saturated rings. The summed E-state index contributed by atoms with van der Waals surface area (Å²) in [4.78, 5) is 13.8. The van der Waals surface area contributed by atoms with Crippen molar-refractivity contribution in [2.24, 2.45) is 0 Å². The first-order chi connectivity index (χ1) is 19.4. The van der Waals surface area contributed by atoms with Gasteiger partial charge in [-0.25, -0.2) is 8.42 Å². The number of methoxy groups -OCH3 is 1. The smallest absolute Gasteiger partial charge is 0.262 e. The summed E-state index contributed by atoms with van der Waals surface area (Å²) in [5.74, 6) is 0.252. The van der Waals surface area contributed by atoms with Gasteiger partial charge in [0.15, 0.2) is 11.5 Å². The molecule has 2 bridgehead atoms. The Hall–Kier alpha value is -5.01. The maximum Gasteiger partial charge on any atom is 0.262 e. The Kier molecular flexibility index (Phi) is 7.57. The first-order valence-electron chi connectivity index (χ1n) is 12.4. The number of carbonyl (C=O) groups is 1. The topological polar surface area (TPSA) is 130 Å². The zero-order valence-corrected chi connectivity index (χ0v) is 22.4. The lowest BCUT2D eigenvalue weighted by Gasteiger charge is -2.24. The summed E-state index contributed by atoms with van der Waals surface area (Å²) in [5, 5.41) is 15.3. The molecular formula is C30H26N4O5S. The average molecular weight is 555 g/mol. The van der Waals surface area contributed by atoms with Crippen LogP contribution in [0.2, 0.25) is 0 Å². The molecule has 0 spiro atoms. The molecule has 1 unspecified atom stereocenters. The van der Waals surface area contributed by atoms with Crippen LogP contribution in [-0.4, -0.2) is 21.4 Å². The highest BCUT2D eigenvalue weighted by Gasteiger charge is 2.30. The summed E-state index contributed by atoms with van der Waals surface area (Å²) in [7, 11) is -2.55. The van der Waals surface area contributed by atoms with Gasteiger partial charge in [-0.1, -0.05) is 48.5 Å². The Morgan fingerprint density at radius 2 is 1.77 bits per heavy atom. The molecule has 1 heterocycles. The minimum Gasteiger partial charge on any atom is -0.493 e. The van der Waals surface area contributed by atoms with Gasteiger partial charge in [0, 0.05) is 29.4 Å². The van der Waals surface area contributed by atoms with E-state index in [0.717, 1.165) is 5.56 Å². The number of rotatable bonds is 7. The number of amides is 1. The van der Waals surface area contributed by atoms with Crippen molar-refractivity contribution in [2.75, 3.05) is 17.1 Å². The quantitative estimate of drug-likeness (QED) is 0.301. The Balaban J connectivity index is 1.59. The second-order valence-electron chi connectivity index (χ2n) is 9.06. The molecule has 0 aromatic heterocycles. The summed E-state index contributed by atoms with van der Waals surface area (Å²) >= 11 is 0. The molecule has 5 rings (SSSR count). The van der Waals surface area contributed by atoms with E-state index in [1.54, 1.807) is 48.5 Å². The van der Waals surface area contributed by atoms with Gasteiger partial charge in [-0.3, -0.25) is 9.52 Å². The molecule has 3 N–H and O–H groups in total. The summed E-state index contributed by atoms with van der Waals surface area (Å²) in [6.07, 6.45) is 0. The molecule has 4 aromatic carbocycles. The molecule has 1 amide bonds. The van der Waals surface area contributed by atoms with Gasteiger partial charge in [-0.05, 0) is 42.0 Å². The van der Waals surface area contributed by atoms with Crippen LogP contribution in [0.15, 0.2) is 95.9 Å². The summed E-state index contributed by atoms with van der Waals surface area (Å²) in [5.41, 5.74) is 2.88. The second-order valence-corrected chi connectivity index (χ2v) is 10.7. The third kappa shape index (κ3) is 5.70. The molecule has 40 heavy (non-hydrogen) atoms. The Labute approximate surface area is 232 Å². The number of nitrogens with zero attached hydrogens (tertiary/aromatic N) is 1. The van der Waals surface area contributed by atoms with E-state index < -0.39 is 22.0 Å². The van der Waals surface area contributed by atoms with Crippen LogP contribution < -0.4 is 24.8 Å². The molecule has 0 radical (unpaired) electrons. The van der Waals surface area contributed by atoms with Gasteiger partial charge in [0.05, 0.1) is 29.3 Å². The van der Waals surface area contributed by atoms with E-state index in [9.17, 15) is 18.5 Å². The maximum atomic E-state index is 13.7. The zero-order valence-electron chi connectivity index (χ0n) is 21.5. The fourth-order valence-corrected chi connectivity index (χ4v) is 5.70. The number of nitrogens with one attached hydrogen (secondary N) is 3. The third-order valence-corrected chi connectivity index (χ3v) is 7.90. The van der Waals surface area contributed by atoms with Crippen molar-refractivity contribution >= 4 is 27.3 Å². The Bertz CT molecular complexity index is 1680. The van der Waals surface area contributed by atoms with Crippen LogP contribution in [0.25, 0.3) is 0 Å². The van der Waals surface area contributed by atoms with Gasteiger partial charge in [0.2, 0.25) is 5.91 Å². The SMILES string of the molecule is COc1cc(C(Nc2ccc(C#N)cc2)C(=O)NCc2ccccc2)c2cc1OCc1ccccc1S(=O)(=O)N2. The molecule has 0 saturated heterocycles. The maximum absolute atomic E-state index is 13.7. The van der Waals surface area contributed by atoms with E-state index in [4.69, 9.17) is 9.47 Å². The zero-order chi connectivity index (χ0) is 28.1. The molecule has 1 atom stereocenters. The number of ether oxygens (including phenoxy) is 2. The van der Waals surface area contributed by atoms with Crippen molar-refractivity contribution in [1.82, 2.24) is 5.32 Å². The van der Waals surface area contributed by atoms with Gasteiger partial charge in [-0.15, -0.1) is 0 Å². The highest BCUT2D eigenvalue weighted by Crippen LogP contribution is 2.40. The van der Waals surface area contributed by atoms with E-state index >= 15 is 0 Å². The van der Waals surface area contributed by atoms with Crippen LogP contribution >= 0.6 is 0 Å². The number of sulfonamides is 1. The summed E-state index contributed by atoms with van der Waals surface area (Å²) < 4.78 is 41.2. The number of anilines is 2. The standard InChI is InChI=1S/C30H26N4O5S/c1-38-26-15-24(25-16-27(26)39-19-22-9-5-6-10-28(22)40(36,37)34-25)29(33-23-13-11-20(17-31)12-14-23)30(35)32-18-21-7-3-2-4-8-21/h2-16,29,33-34H,18-19H2,1H3,(H,32,35). The fourth-order valence-electron chi connectivity index (χ4n) is 4.39. The van der Waals surface area contributed by atoms with Crippen LogP contribution in [0.5, 0.6) is 11.5 Å². The number of hydrogen-bond donors (Lipinski definition) is 3. The highest BCUT2D eigenvalue weighted by molar-refractivity contribution is 7.92. The van der Waals surface area contributed by atoms with Crippen molar-refractivity contribution in [3.05, 3.63) is 113 Å². The van der Waals surface area contributed by atoms with Crippen molar-refractivity contribution in [3.8, 4) is 17.6 Å². The van der Waals surface area contributed by atoms with E-state index in [1.807, 2.05) is 30.3 Å². The fraction of sp³-hybridized carbons (Fsp3) is 0.133. The molecule has 0 saturated carbocycles. The third-order valence-electron chi connectivity index (χ3n) is 6.43. The largest absolute Gasteiger partial charge is 0.493 e. The molecular weight excluding hydrogens is 528 g/mol. The minimum absolute atomic E-state index is 0.0106. The molecule has 1 aliphatic heterocycles. The molecule has 4 aromatic rings. The molecule has 1 aliphatic rings. The van der Waals surface area contributed by atoms with Crippen molar-refractivity contribution in [3.63, 3.8) is 0 Å². The van der Waals surface area contributed by atoms with Crippen molar-refractivity contribution < 1.29 is 22.7 Å². The average Bonchev–Trinajstić information content (AvgIpc) is 3.02. The predicted octanol–water partition coefficient (Wildman–Crippen LogP) is 4.73. The van der Waals surface area contributed by atoms with Crippen LogP contribution in [0.1, 0.15) is 28.3 Å². The Morgan fingerprint density at radius 1 is 1.05 bits per heavy atom. The van der Waals surface area contributed by atoms with Gasteiger partial charge in [0.1, 0.15) is 12.6 Å². The van der Waals surface area contributed by atoms with Gasteiger partial charge in [0.25, 0.3) is 10.0 Å². The molecule has 202 valence electrons. The van der Waals surface area contributed by atoms with Crippen LogP contribution in [0, 0.1) is 11.3 Å². The van der Waals surface area contributed by atoms with E-state index in [1.165, 1.54) is 19.2 Å². The normalized spacial score (nSPS) is 13.9. The Morgan fingerprint density at radius 3 is 2.50 bits per heavy atom. The number of nitriles is 1. The summed E-state index contributed by atoms with van der Waals surface area (Å²) in [6, 6.07) is 26.7. The highest BCUT2D eigenvalue weighted by atomic mass is 32.2. The molecule has 9 nitrogen and oxygen atoms in total. The lowest BCUT2D eigenvalue weighted by atomic mass is 10.0. The van der Waals surface area contributed by atoms with Crippen molar-refractivity contribution in [2.45, 2.75) is 24.1 Å². The minimum atomic E-state index is -4.03. The first kappa shape index (κ1) is 26.6. The van der Waals surface area contributed by atoms with E-state index in [-0.39, 0.29) is 23.7 Å². The van der Waals surface area contributed by atoms with Gasteiger partial charge >= 0.3 is 0 Å². The number of fused-ring (bicyclic) bond motifs is 3. The van der Waals surface area contributed by atoms with Crippen LogP contribution in [-0.2, 0) is 28.0 Å².